The fraction of sp³-hybridized carbons (Fsp3) is 0.278. The first-order valence-corrected chi connectivity index (χ1v) is 7.60. The molecule has 0 radical (unpaired) electrons. The quantitative estimate of drug-likeness (QED) is 0.892. The second kappa shape index (κ2) is 6.62. The molecule has 3 rings (SSSR count). The number of rotatable bonds is 5. The molecule has 114 valence electrons. The van der Waals surface area contributed by atoms with Crippen LogP contribution >= 0.6 is 0 Å². The highest BCUT2D eigenvalue weighted by atomic mass is 16.3. The fourth-order valence-electron chi connectivity index (χ4n) is 2.77. The molecule has 0 aliphatic carbocycles. The Balaban J connectivity index is 1.60. The second-order valence-electron chi connectivity index (χ2n) is 5.59. The van der Waals surface area contributed by atoms with Crippen LogP contribution in [-0.2, 0) is 17.9 Å². The van der Waals surface area contributed by atoms with Crippen LogP contribution in [0.15, 0.2) is 48.5 Å². The number of benzene rings is 2. The first kappa shape index (κ1) is 14.6. The first-order valence-electron chi connectivity index (χ1n) is 7.60. The SMILES string of the molecule is O=C1CCCN1c1cccc(CNCc2cccc(O)c2)c1. The van der Waals surface area contributed by atoms with Crippen molar-refractivity contribution in [1.82, 2.24) is 5.32 Å². The molecule has 1 fully saturated rings. The smallest absolute Gasteiger partial charge is 0.227 e. The van der Waals surface area contributed by atoms with E-state index >= 15 is 0 Å². The molecule has 0 unspecified atom stereocenters. The summed E-state index contributed by atoms with van der Waals surface area (Å²) in [6.45, 7) is 2.24. The minimum absolute atomic E-state index is 0.213. The highest BCUT2D eigenvalue weighted by Gasteiger charge is 2.21. The Morgan fingerprint density at radius 1 is 1.05 bits per heavy atom. The standard InChI is InChI=1S/C18H20N2O2/c21-17-7-2-5-15(11-17)13-19-12-14-4-1-6-16(10-14)20-9-3-8-18(20)22/h1-2,4-7,10-11,19,21H,3,8-9,12-13H2. The highest BCUT2D eigenvalue weighted by molar-refractivity contribution is 5.95. The summed E-state index contributed by atoms with van der Waals surface area (Å²) in [5.41, 5.74) is 3.18. The second-order valence-corrected chi connectivity index (χ2v) is 5.59. The molecule has 0 aromatic heterocycles. The summed E-state index contributed by atoms with van der Waals surface area (Å²) in [7, 11) is 0. The minimum Gasteiger partial charge on any atom is -0.508 e. The van der Waals surface area contributed by atoms with E-state index in [2.05, 4.69) is 17.4 Å². The lowest BCUT2D eigenvalue weighted by atomic mass is 10.1. The molecule has 1 aliphatic heterocycles. The molecule has 0 bridgehead atoms. The van der Waals surface area contributed by atoms with Crippen LogP contribution in [0.2, 0.25) is 0 Å². The topological polar surface area (TPSA) is 52.6 Å². The van der Waals surface area contributed by atoms with Gasteiger partial charge in [0.05, 0.1) is 0 Å². The molecular weight excluding hydrogens is 276 g/mol. The molecule has 22 heavy (non-hydrogen) atoms. The lowest BCUT2D eigenvalue weighted by molar-refractivity contribution is -0.117. The lowest BCUT2D eigenvalue weighted by Crippen LogP contribution is -2.23. The minimum atomic E-state index is 0.213. The van der Waals surface area contributed by atoms with Crippen LogP contribution in [-0.4, -0.2) is 17.6 Å². The van der Waals surface area contributed by atoms with Gasteiger partial charge in [-0.25, -0.2) is 0 Å². The molecule has 0 atom stereocenters. The van der Waals surface area contributed by atoms with Crippen molar-refractivity contribution < 1.29 is 9.90 Å². The zero-order chi connectivity index (χ0) is 15.4. The molecule has 2 aromatic carbocycles. The number of carbonyl (C=O) groups excluding carboxylic acids is 1. The van der Waals surface area contributed by atoms with Gasteiger partial charge in [-0.2, -0.15) is 0 Å². The molecule has 2 aromatic rings. The van der Waals surface area contributed by atoms with Crippen molar-refractivity contribution >= 4 is 11.6 Å². The van der Waals surface area contributed by atoms with Crippen molar-refractivity contribution in [1.29, 1.82) is 0 Å². The zero-order valence-corrected chi connectivity index (χ0v) is 12.5. The van der Waals surface area contributed by atoms with Crippen LogP contribution in [0.25, 0.3) is 0 Å². The number of phenols is 1. The maximum atomic E-state index is 11.8. The summed E-state index contributed by atoms with van der Waals surface area (Å²) in [4.78, 5) is 13.7. The summed E-state index contributed by atoms with van der Waals surface area (Å²) in [6, 6.07) is 15.3. The zero-order valence-electron chi connectivity index (χ0n) is 12.5. The number of nitrogens with zero attached hydrogens (tertiary/aromatic N) is 1. The van der Waals surface area contributed by atoms with Crippen LogP contribution in [0, 0.1) is 0 Å². The number of carbonyl (C=O) groups is 1. The van der Waals surface area contributed by atoms with Gasteiger partial charge < -0.3 is 15.3 Å². The van der Waals surface area contributed by atoms with E-state index in [0.29, 0.717) is 13.0 Å². The van der Waals surface area contributed by atoms with E-state index in [4.69, 9.17) is 0 Å². The number of amides is 1. The summed E-state index contributed by atoms with van der Waals surface area (Å²) in [5, 5.41) is 12.8. The van der Waals surface area contributed by atoms with E-state index in [9.17, 15) is 9.90 Å². The van der Waals surface area contributed by atoms with E-state index in [-0.39, 0.29) is 11.7 Å². The average Bonchev–Trinajstić information content (AvgIpc) is 2.94. The molecule has 1 heterocycles. The molecular formula is C18H20N2O2. The van der Waals surface area contributed by atoms with Crippen molar-refractivity contribution in [2.45, 2.75) is 25.9 Å². The van der Waals surface area contributed by atoms with Crippen LogP contribution in [0.1, 0.15) is 24.0 Å². The summed E-state index contributed by atoms with van der Waals surface area (Å²) < 4.78 is 0. The van der Waals surface area contributed by atoms with Crippen molar-refractivity contribution in [2.75, 3.05) is 11.4 Å². The van der Waals surface area contributed by atoms with E-state index < -0.39 is 0 Å². The third-order valence-corrected chi connectivity index (χ3v) is 3.86. The van der Waals surface area contributed by atoms with Crippen LogP contribution in [0.4, 0.5) is 5.69 Å². The summed E-state index contributed by atoms with van der Waals surface area (Å²) in [6.07, 6.45) is 1.60. The summed E-state index contributed by atoms with van der Waals surface area (Å²) >= 11 is 0. The van der Waals surface area contributed by atoms with Gasteiger partial charge in [-0.15, -0.1) is 0 Å². The molecule has 4 nitrogen and oxygen atoms in total. The molecule has 0 spiro atoms. The predicted octanol–water partition coefficient (Wildman–Crippen LogP) is 2.81. The molecule has 1 aliphatic rings. The third kappa shape index (κ3) is 3.46. The van der Waals surface area contributed by atoms with Gasteiger partial charge in [0, 0.05) is 31.7 Å². The van der Waals surface area contributed by atoms with Gasteiger partial charge in [0.15, 0.2) is 0 Å². The third-order valence-electron chi connectivity index (χ3n) is 3.86. The normalized spacial score (nSPS) is 14.5. The van der Waals surface area contributed by atoms with Crippen molar-refractivity contribution in [3.63, 3.8) is 0 Å². The lowest BCUT2D eigenvalue weighted by Gasteiger charge is -2.16. The van der Waals surface area contributed by atoms with Gasteiger partial charge in [-0.05, 0) is 41.8 Å². The van der Waals surface area contributed by atoms with Crippen LogP contribution in [0.5, 0.6) is 5.75 Å². The number of anilines is 1. The Morgan fingerprint density at radius 2 is 1.77 bits per heavy atom. The molecule has 1 amide bonds. The van der Waals surface area contributed by atoms with E-state index in [1.165, 1.54) is 0 Å². The Bertz CT molecular complexity index is 670. The Kier molecular flexibility index (Phi) is 4.39. The van der Waals surface area contributed by atoms with Gasteiger partial charge in [0.2, 0.25) is 5.91 Å². The fourth-order valence-corrected chi connectivity index (χ4v) is 2.77. The summed E-state index contributed by atoms with van der Waals surface area (Å²) in [5.74, 6) is 0.499. The molecule has 2 N–H and O–H groups in total. The van der Waals surface area contributed by atoms with E-state index in [1.807, 2.05) is 29.2 Å². The van der Waals surface area contributed by atoms with E-state index in [0.717, 1.165) is 36.3 Å². The van der Waals surface area contributed by atoms with Crippen LogP contribution in [0.3, 0.4) is 0 Å². The van der Waals surface area contributed by atoms with Crippen molar-refractivity contribution in [3.8, 4) is 5.75 Å². The highest BCUT2D eigenvalue weighted by Crippen LogP contribution is 2.22. The van der Waals surface area contributed by atoms with Crippen LogP contribution < -0.4 is 10.2 Å². The number of phenolic OH excluding ortho intramolecular Hbond substituents is 1. The Morgan fingerprint density at radius 3 is 2.45 bits per heavy atom. The first-order chi connectivity index (χ1) is 10.7. The Hall–Kier alpha value is -2.33. The predicted molar refractivity (Wildman–Crippen MR) is 86.7 cm³/mol. The number of nitrogens with one attached hydrogen (secondary N) is 1. The number of hydrogen-bond donors (Lipinski definition) is 2. The Labute approximate surface area is 130 Å². The molecule has 4 heteroatoms. The molecule has 1 saturated heterocycles. The van der Waals surface area contributed by atoms with Gasteiger partial charge in [0.25, 0.3) is 0 Å². The van der Waals surface area contributed by atoms with Crippen molar-refractivity contribution in [2.24, 2.45) is 0 Å². The maximum absolute atomic E-state index is 11.8. The molecule has 0 saturated carbocycles. The van der Waals surface area contributed by atoms with Crippen molar-refractivity contribution in [3.05, 3.63) is 59.7 Å². The van der Waals surface area contributed by atoms with Gasteiger partial charge in [-0.1, -0.05) is 24.3 Å². The number of hydrogen-bond acceptors (Lipinski definition) is 3. The largest absolute Gasteiger partial charge is 0.508 e. The van der Waals surface area contributed by atoms with Gasteiger partial charge in [-0.3, -0.25) is 4.79 Å². The van der Waals surface area contributed by atoms with Gasteiger partial charge in [0.1, 0.15) is 5.75 Å². The van der Waals surface area contributed by atoms with E-state index in [1.54, 1.807) is 12.1 Å². The number of aromatic hydroxyl groups is 1. The maximum Gasteiger partial charge on any atom is 0.227 e. The monoisotopic (exact) mass is 296 g/mol. The average molecular weight is 296 g/mol. The van der Waals surface area contributed by atoms with Gasteiger partial charge >= 0.3 is 0 Å².